The van der Waals surface area contributed by atoms with E-state index in [0.29, 0.717) is 30.2 Å². The third-order valence-electron chi connectivity index (χ3n) is 5.67. The van der Waals surface area contributed by atoms with E-state index in [1.165, 1.54) is 13.0 Å². The van der Waals surface area contributed by atoms with Crippen molar-refractivity contribution in [2.45, 2.75) is 57.4 Å². The minimum absolute atomic E-state index is 0.0772. The summed E-state index contributed by atoms with van der Waals surface area (Å²) in [6.07, 6.45) is 1.84. The molecule has 1 heterocycles. The van der Waals surface area contributed by atoms with Gasteiger partial charge in [-0.25, -0.2) is 27.3 Å². The highest BCUT2D eigenvalue weighted by atomic mass is 79.9. The van der Waals surface area contributed by atoms with E-state index in [4.69, 9.17) is 9.47 Å². The smallest absolute Gasteiger partial charge is 0.365 e. The van der Waals surface area contributed by atoms with Crippen LogP contribution in [0.5, 0.6) is 0 Å². The predicted octanol–water partition coefficient (Wildman–Crippen LogP) is 2.29. The molecule has 0 spiro atoms. The Kier molecular flexibility index (Phi) is 6.81. The fraction of sp³-hybridized carbons (Fsp3) is 0.600. The first-order valence-corrected chi connectivity index (χ1v) is 12.6. The zero-order valence-electron chi connectivity index (χ0n) is 17.5. The van der Waals surface area contributed by atoms with Gasteiger partial charge in [0.1, 0.15) is 5.82 Å². The molecule has 0 saturated heterocycles. The number of rotatable bonds is 7. The lowest BCUT2D eigenvalue weighted by Crippen LogP contribution is -2.45. The van der Waals surface area contributed by atoms with Gasteiger partial charge in [-0.3, -0.25) is 0 Å². The van der Waals surface area contributed by atoms with Gasteiger partial charge in [0.25, 0.3) is 5.72 Å². The number of benzene rings is 1. The Hall–Kier alpha value is -1.56. The lowest BCUT2D eigenvalue weighted by molar-refractivity contribution is -0.170. The van der Waals surface area contributed by atoms with Gasteiger partial charge in [-0.15, -0.1) is 0 Å². The van der Waals surface area contributed by atoms with E-state index >= 15 is 0 Å². The van der Waals surface area contributed by atoms with Crippen molar-refractivity contribution in [3.63, 3.8) is 0 Å². The van der Waals surface area contributed by atoms with E-state index in [2.05, 4.69) is 25.6 Å². The summed E-state index contributed by atoms with van der Waals surface area (Å²) in [5.74, 6) is -1.13. The fourth-order valence-corrected chi connectivity index (χ4v) is 5.45. The Morgan fingerprint density at radius 1 is 1.48 bits per heavy atom. The molecule has 3 rings (SSSR count). The van der Waals surface area contributed by atoms with Crippen molar-refractivity contribution in [2.24, 2.45) is 10.4 Å². The number of sulfonamides is 1. The van der Waals surface area contributed by atoms with E-state index in [1.54, 1.807) is 19.1 Å². The van der Waals surface area contributed by atoms with Gasteiger partial charge in [-0.05, 0) is 73.2 Å². The fourth-order valence-electron chi connectivity index (χ4n) is 4.21. The van der Waals surface area contributed by atoms with Crippen molar-refractivity contribution >= 4 is 37.8 Å². The number of nitrogens with zero attached hydrogens (tertiary/aromatic N) is 1. The number of hydrogen-bond acceptors (Lipinski definition) is 7. The van der Waals surface area contributed by atoms with Crippen molar-refractivity contribution in [1.29, 1.82) is 0 Å². The number of halogens is 2. The predicted molar refractivity (Wildman–Crippen MR) is 115 cm³/mol. The summed E-state index contributed by atoms with van der Waals surface area (Å²) in [5.41, 5.74) is -2.19. The number of carbonyl (C=O) groups excluding carboxylic acids is 1. The van der Waals surface area contributed by atoms with Crippen LogP contribution in [0.3, 0.4) is 0 Å². The van der Waals surface area contributed by atoms with E-state index in [-0.39, 0.29) is 18.5 Å². The van der Waals surface area contributed by atoms with E-state index in [1.807, 2.05) is 0 Å². The highest BCUT2D eigenvalue weighted by Gasteiger charge is 2.56. The Morgan fingerprint density at radius 3 is 2.81 bits per heavy atom. The number of ether oxygens (including phenoxy) is 2. The first-order chi connectivity index (χ1) is 14.4. The molecular weight excluding hydrogens is 495 g/mol. The maximum absolute atomic E-state index is 13.7. The molecule has 4 atom stereocenters. The second-order valence-electron chi connectivity index (χ2n) is 8.16. The zero-order valence-corrected chi connectivity index (χ0v) is 19.9. The highest BCUT2D eigenvalue weighted by Crippen LogP contribution is 2.46. The molecule has 1 aliphatic heterocycles. The number of hydrogen-bond donors (Lipinski definition) is 2. The van der Waals surface area contributed by atoms with Gasteiger partial charge in [-0.2, -0.15) is 0 Å². The quantitative estimate of drug-likeness (QED) is 0.533. The monoisotopic (exact) mass is 520 g/mol. The molecule has 1 fully saturated rings. The Bertz CT molecular complexity index is 1000. The molecule has 11 heteroatoms. The maximum atomic E-state index is 13.7. The molecule has 2 N–H and O–H groups in total. The maximum Gasteiger partial charge on any atom is 0.365 e. The van der Waals surface area contributed by atoms with Crippen molar-refractivity contribution in [3.8, 4) is 0 Å². The molecule has 31 heavy (non-hydrogen) atoms. The van der Waals surface area contributed by atoms with Crippen LogP contribution < -0.4 is 4.72 Å². The van der Waals surface area contributed by atoms with Crippen LogP contribution in [0.1, 0.15) is 38.7 Å². The number of aliphatic imine (C=N–C) groups is 1. The minimum atomic E-state index is -3.43. The Labute approximate surface area is 189 Å². The van der Waals surface area contributed by atoms with Gasteiger partial charge >= 0.3 is 5.97 Å². The summed E-state index contributed by atoms with van der Waals surface area (Å²) in [6, 6.07) is 4.25. The topological polar surface area (TPSA) is 114 Å². The summed E-state index contributed by atoms with van der Waals surface area (Å²) in [4.78, 5) is 16.6. The largest absolute Gasteiger partial charge is 0.472 e. The van der Waals surface area contributed by atoms with Crippen molar-refractivity contribution < 1.29 is 32.2 Å². The molecule has 0 radical (unpaired) electrons. The average molecular weight is 521 g/mol. The molecule has 0 aromatic heterocycles. The first kappa shape index (κ1) is 24.1. The van der Waals surface area contributed by atoms with E-state index < -0.39 is 39.1 Å². The van der Waals surface area contributed by atoms with Gasteiger partial charge in [0.15, 0.2) is 12.0 Å². The number of esters is 1. The Morgan fingerprint density at radius 2 is 2.19 bits per heavy atom. The summed E-state index contributed by atoms with van der Waals surface area (Å²) in [5, 5.41) is 10.8. The van der Waals surface area contributed by atoms with Crippen LogP contribution in [0, 0.1) is 11.2 Å². The van der Waals surface area contributed by atoms with Gasteiger partial charge < -0.3 is 14.6 Å². The third kappa shape index (κ3) is 5.10. The zero-order chi connectivity index (χ0) is 23.0. The van der Waals surface area contributed by atoms with Crippen LogP contribution in [-0.4, -0.2) is 56.1 Å². The number of carbonyl (C=O) groups is 1. The summed E-state index contributed by atoms with van der Waals surface area (Å²) < 4.78 is 51.0. The van der Waals surface area contributed by atoms with Gasteiger partial charge in [0.2, 0.25) is 10.0 Å². The number of nitrogens with one attached hydrogen (secondary N) is 1. The molecular formula is C20H26BrFN2O6S. The molecule has 1 aromatic carbocycles. The molecule has 0 amide bonds. The summed E-state index contributed by atoms with van der Waals surface area (Å²) >= 11 is 3.18. The van der Waals surface area contributed by atoms with Gasteiger partial charge in [0.05, 0.1) is 22.8 Å². The van der Waals surface area contributed by atoms with Crippen molar-refractivity contribution in [2.75, 3.05) is 12.9 Å². The standard InChI is InChI=1S/C20H26BrFN2O6S/c1-4-29-18(25)20(26)12(2)30-17(23-20)19(8-7-14(11-19)24-31(3,27)28)10-13-5-6-16(22)15(21)9-13/h5-6,9,12,14,24,26H,4,7-8,10-11H2,1-3H3/t12?,14-,19+,20?/m0/s1. The minimum Gasteiger partial charge on any atom is -0.472 e. The second kappa shape index (κ2) is 8.76. The van der Waals surface area contributed by atoms with E-state index in [0.717, 1.165) is 11.8 Å². The molecule has 172 valence electrons. The van der Waals surface area contributed by atoms with Crippen LogP contribution in [0.15, 0.2) is 27.7 Å². The first-order valence-electron chi connectivity index (χ1n) is 9.96. The summed E-state index contributed by atoms with van der Waals surface area (Å²) in [6.45, 7) is 3.23. The van der Waals surface area contributed by atoms with E-state index in [9.17, 15) is 22.7 Å². The van der Waals surface area contributed by atoms with Crippen LogP contribution in [0.4, 0.5) is 4.39 Å². The normalized spacial score (nSPS) is 30.7. The van der Waals surface area contributed by atoms with Crippen molar-refractivity contribution in [3.05, 3.63) is 34.1 Å². The molecule has 8 nitrogen and oxygen atoms in total. The van der Waals surface area contributed by atoms with Crippen molar-refractivity contribution in [1.82, 2.24) is 4.72 Å². The second-order valence-corrected chi connectivity index (χ2v) is 10.8. The average Bonchev–Trinajstić information content (AvgIpc) is 3.20. The van der Waals surface area contributed by atoms with Gasteiger partial charge in [-0.1, -0.05) is 6.07 Å². The highest BCUT2D eigenvalue weighted by molar-refractivity contribution is 9.10. The lowest BCUT2D eigenvalue weighted by Gasteiger charge is -2.29. The molecule has 0 bridgehead atoms. The van der Waals surface area contributed by atoms with Gasteiger partial charge in [0, 0.05) is 6.04 Å². The molecule has 2 aliphatic rings. The van der Waals surface area contributed by atoms with Crippen LogP contribution >= 0.6 is 15.9 Å². The van der Waals surface area contributed by atoms with Crippen LogP contribution in [0.25, 0.3) is 0 Å². The number of aliphatic hydroxyl groups is 1. The lowest BCUT2D eigenvalue weighted by atomic mass is 9.79. The SMILES string of the molecule is CCOC(=O)C1(O)N=C([C@@]2(Cc3ccc(F)c(Br)c3)CC[C@H](NS(C)(=O)=O)C2)OC1C. The third-order valence-corrected chi connectivity index (χ3v) is 7.04. The molecule has 1 aliphatic carbocycles. The Balaban J connectivity index is 1.98. The van der Waals surface area contributed by atoms with Crippen LogP contribution in [-0.2, 0) is 30.7 Å². The molecule has 1 aromatic rings. The van der Waals surface area contributed by atoms with Crippen LogP contribution in [0.2, 0.25) is 0 Å². The molecule has 2 unspecified atom stereocenters. The molecule has 1 saturated carbocycles. The summed E-state index contributed by atoms with van der Waals surface area (Å²) in [7, 11) is -3.43.